The summed E-state index contributed by atoms with van der Waals surface area (Å²) in [6.07, 6.45) is 0.842. The molecular formula is C22H25BrN4O2S. The highest BCUT2D eigenvalue weighted by molar-refractivity contribution is 9.10. The van der Waals surface area contributed by atoms with Crippen molar-refractivity contribution in [1.29, 1.82) is 0 Å². The summed E-state index contributed by atoms with van der Waals surface area (Å²) in [6, 6.07) is 11.8. The van der Waals surface area contributed by atoms with E-state index < -0.39 is 0 Å². The molecule has 0 saturated carbocycles. The molecule has 30 heavy (non-hydrogen) atoms. The van der Waals surface area contributed by atoms with Gasteiger partial charge in [-0.25, -0.2) is 0 Å². The largest absolute Gasteiger partial charge is 0.494 e. The molecule has 2 aromatic carbocycles. The first-order valence-corrected chi connectivity index (χ1v) is 11.6. The zero-order chi connectivity index (χ0) is 21.7. The molecule has 0 fully saturated rings. The number of halogens is 1. The van der Waals surface area contributed by atoms with E-state index in [4.69, 9.17) is 4.74 Å². The predicted molar refractivity (Wildman–Crippen MR) is 125 cm³/mol. The van der Waals surface area contributed by atoms with Crippen LogP contribution in [0.5, 0.6) is 5.75 Å². The molecular weight excluding hydrogens is 464 g/mol. The number of hydrogen-bond acceptors (Lipinski definition) is 5. The summed E-state index contributed by atoms with van der Waals surface area (Å²) in [4.78, 5) is 12.6. The minimum atomic E-state index is -0.0704. The predicted octanol–water partition coefficient (Wildman–Crippen LogP) is 5.34. The molecule has 0 unspecified atom stereocenters. The lowest BCUT2D eigenvalue weighted by Crippen LogP contribution is -2.16. The molecule has 0 bridgehead atoms. The van der Waals surface area contributed by atoms with E-state index in [1.165, 1.54) is 11.8 Å². The van der Waals surface area contributed by atoms with E-state index in [1.807, 2.05) is 61.7 Å². The van der Waals surface area contributed by atoms with E-state index in [0.717, 1.165) is 45.0 Å². The SMILES string of the molecule is CCOc1ccc(-n2c(C)nnc2SCC(=O)Nc2c(C)cc(Br)cc2CC)cc1. The maximum atomic E-state index is 12.6. The first-order chi connectivity index (χ1) is 14.4. The maximum Gasteiger partial charge on any atom is 0.234 e. The van der Waals surface area contributed by atoms with Gasteiger partial charge in [-0.1, -0.05) is 34.6 Å². The second-order valence-electron chi connectivity index (χ2n) is 6.74. The lowest BCUT2D eigenvalue weighted by molar-refractivity contribution is -0.113. The van der Waals surface area contributed by atoms with Crippen LogP contribution in [0.3, 0.4) is 0 Å². The summed E-state index contributed by atoms with van der Waals surface area (Å²) < 4.78 is 8.47. The van der Waals surface area contributed by atoms with Gasteiger partial charge in [0.05, 0.1) is 12.4 Å². The van der Waals surface area contributed by atoms with Crippen molar-refractivity contribution < 1.29 is 9.53 Å². The molecule has 0 aliphatic heterocycles. The molecule has 1 amide bonds. The Morgan fingerprint density at radius 1 is 1.17 bits per heavy atom. The molecule has 0 spiro atoms. The summed E-state index contributed by atoms with van der Waals surface area (Å²) >= 11 is 4.88. The lowest BCUT2D eigenvalue weighted by Gasteiger charge is -2.14. The number of thioether (sulfide) groups is 1. The Morgan fingerprint density at radius 2 is 1.90 bits per heavy atom. The number of nitrogens with zero attached hydrogens (tertiary/aromatic N) is 3. The minimum absolute atomic E-state index is 0.0704. The first-order valence-electron chi connectivity index (χ1n) is 9.79. The van der Waals surface area contributed by atoms with E-state index in [-0.39, 0.29) is 11.7 Å². The number of hydrogen-bond donors (Lipinski definition) is 1. The van der Waals surface area contributed by atoms with Crippen LogP contribution in [-0.2, 0) is 11.2 Å². The number of carbonyl (C=O) groups excluding carboxylic acids is 1. The summed E-state index contributed by atoms with van der Waals surface area (Å²) in [6.45, 7) is 8.55. The van der Waals surface area contributed by atoms with Gasteiger partial charge >= 0.3 is 0 Å². The molecule has 0 aliphatic carbocycles. The van der Waals surface area contributed by atoms with E-state index >= 15 is 0 Å². The number of aryl methyl sites for hydroxylation is 3. The van der Waals surface area contributed by atoms with E-state index in [2.05, 4.69) is 38.4 Å². The number of benzene rings is 2. The highest BCUT2D eigenvalue weighted by Gasteiger charge is 2.15. The number of aromatic nitrogens is 3. The number of ether oxygens (including phenoxy) is 1. The molecule has 1 aromatic heterocycles. The van der Waals surface area contributed by atoms with Gasteiger partial charge in [-0.3, -0.25) is 9.36 Å². The molecule has 3 aromatic rings. The molecule has 0 saturated heterocycles. The van der Waals surface area contributed by atoms with Crippen molar-refractivity contribution in [1.82, 2.24) is 14.8 Å². The number of carbonyl (C=O) groups is 1. The Balaban J connectivity index is 1.72. The van der Waals surface area contributed by atoms with Crippen LogP contribution in [-0.4, -0.2) is 33.0 Å². The van der Waals surface area contributed by atoms with E-state index in [9.17, 15) is 4.79 Å². The van der Waals surface area contributed by atoms with Gasteiger partial charge in [-0.15, -0.1) is 10.2 Å². The van der Waals surface area contributed by atoms with Crippen molar-refractivity contribution in [2.75, 3.05) is 17.7 Å². The Labute approximate surface area is 189 Å². The third-order valence-electron chi connectivity index (χ3n) is 4.56. The van der Waals surface area contributed by atoms with Crippen LogP contribution in [0.25, 0.3) is 5.69 Å². The molecule has 3 rings (SSSR count). The van der Waals surface area contributed by atoms with Crippen LogP contribution in [0.15, 0.2) is 46.0 Å². The fourth-order valence-electron chi connectivity index (χ4n) is 3.17. The van der Waals surface area contributed by atoms with Crippen molar-refractivity contribution in [3.63, 3.8) is 0 Å². The molecule has 8 heteroatoms. The third kappa shape index (κ3) is 5.23. The van der Waals surface area contributed by atoms with Crippen molar-refractivity contribution >= 4 is 39.3 Å². The molecule has 6 nitrogen and oxygen atoms in total. The quantitative estimate of drug-likeness (QED) is 0.433. The fourth-order valence-corrected chi connectivity index (χ4v) is 4.58. The van der Waals surface area contributed by atoms with Crippen LogP contribution in [0, 0.1) is 13.8 Å². The van der Waals surface area contributed by atoms with Crippen molar-refractivity contribution in [2.45, 2.75) is 39.3 Å². The zero-order valence-electron chi connectivity index (χ0n) is 17.5. The number of rotatable bonds is 8. The van der Waals surface area contributed by atoms with Gasteiger partial charge in [0, 0.05) is 15.8 Å². The Hall–Kier alpha value is -2.32. The monoisotopic (exact) mass is 488 g/mol. The Bertz CT molecular complexity index is 1030. The minimum Gasteiger partial charge on any atom is -0.494 e. The van der Waals surface area contributed by atoms with Crippen molar-refractivity contribution in [3.05, 3.63) is 57.8 Å². The Kier molecular flexibility index (Phi) is 7.55. The molecule has 158 valence electrons. The summed E-state index contributed by atoms with van der Waals surface area (Å²) in [5, 5.41) is 12.2. The number of amides is 1. The summed E-state index contributed by atoms with van der Waals surface area (Å²) in [5.41, 5.74) is 3.96. The molecule has 1 heterocycles. The van der Waals surface area contributed by atoms with Crippen LogP contribution < -0.4 is 10.1 Å². The normalized spacial score (nSPS) is 10.8. The van der Waals surface area contributed by atoms with Gasteiger partial charge in [-0.05, 0) is 74.7 Å². The number of nitrogens with one attached hydrogen (secondary N) is 1. The average molecular weight is 489 g/mol. The second kappa shape index (κ2) is 10.1. The number of anilines is 1. The standard InChI is InChI=1S/C22H25BrN4O2S/c1-5-16-12-17(23)11-14(3)21(16)24-20(28)13-30-22-26-25-15(4)27(22)18-7-9-19(10-8-18)29-6-2/h7-12H,5-6,13H2,1-4H3,(H,24,28). The maximum absolute atomic E-state index is 12.6. The van der Waals surface area contributed by atoms with E-state index in [0.29, 0.717) is 11.8 Å². The summed E-state index contributed by atoms with van der Waals surface area (Å²) in [7, 11) is 0. The molecule has 0 atom stereocenters. The highest BCUT2D eigenvalue weighted by Crippen LogP contribution is 2.28. The van der Waals surface area contributed by atoms with Gasteiger partial charge in [-0.2, -0.15) is 0 Å². The summed E-state index contributed by atoms with van der Waals surface area (Å²) in [5.74, 6) is 1.75. The smallest absolute Gasteiger partial charge is 0.234 e. The van der Waals surface area contributed by atoms with Gasteiger partial charge in [0.2, 0.25) is 5.91 Å². The topological polar surface area (TPSA) is 69.0 Å². The van der Waals surface area contributed by atoms with Gasteiger partial charge < -0.3 is 10.1 Å². The second-order valence-corrected chi connectivity index (χ2v) is 8.60. The zero-order valence-corrected chi connectivity index (χ0v) is 19.9. The first kappa shape index (κ1) is 22.4. The van der Waals surface area contributed by atoms with Crippen molar-refractivity contribution in [2.24, 2.45) is 0 Å². The van der Waals surface area contributed by atoms with Gasteiger partial charge in [0.1, 0.15) is 11.6 Å². The van der Waals surface area contributed by atoms with Crippen LogP contribution in [0.2, 0.25) is 0 Å². The van der Waals surface area contributed by atoms with Crippen molar-refractivity contribution in [3.8, 4) is 11.4 Å². The van der Waals surface area contributed by atoms with Gasteiger partial charge in [0.15, 0.2) is 5.16 Å². The Morgan fingerprint density at radius 3 is 2.57 bits per heavy atom. The third-order valence-corrected chi connectivity index (χ3v) is 5.95. The lowest BCUT2D eigenvalue weighted by atomic mass is 10.1. The van der Waals surface area contributed by atoms with Crippen LogP contribution >= 0.6 is 27.7 Å². The van der Waals surface area contributed by atoms with Crippen LogP contribution in [0.4, 0.5) is 5.69 Å². The van der Waals surface area contributed by atoms with E-state index in [1.54, 1.807) is 0 Å². The molecule has 0 aliphatic rings. The fraction of sp³-hybridized carbons (Fsp3) is 0.318. The molecule has 1 N–H and O–H groups in total. The average Bonchev–Trinajstić information content (AvgIpc) is 3.09. The van der Waals surface area contributed by atoms with Crippen LogP contribution in [0.1, 0.15) is 30.8 Å². The highest BCUT2D eigenvalue weighted by atomic mass is 79.9. The molecule has 0 radical (unpaired) electrons. The van der Waals surface area contributed by atoms with Gasteiger partial charge in [0.25, 0.3) is 0 Å².